The van der Waals surface area contributed by atoms with Crippen LogP contribution in [0.2, 0.25) is 0 Å². The Kier molecular flexibility index (Phi) is 12.8. The standard InChI is InChI=1S/C54H40O2.C2H6.C2H4/c55-36-42-34-35-51-53(49-26-12-13-29-50(49)54(51,44-21-6-2-7-22-44)45-23-8-3-9-24-45)43(37-56)20-15-27-46(42)39-30-32-41(33-31-39)52(40-17-4-1-5-18-40)48-28-14-19-38-16-10-11-25-47(38)48;2*1-2/h1-37,52,55-56H;1-2H3;1-2H2/b20-15?,35-34?,42-36-,43-37-,46-27?;;. The molecule has 1 atom stereocenters. The van der Waals surface area contributed by atoms with Crippen molar-refractivity contribution in [1.82, 2.24) is 0 Å². The highest BCUT2D eigenvalue weighted by molar-refractivity contribution is 5.88. The third kappa shape index (κ3) is 7.40. The van der Waals surface area contributed by atoms with E-state index in [1.54, 1.807) is 0 Å². The fourth-order valence-electron chi connectivity index (χ4n) is 8.92. The fourth-order valence-corrected chi connectivity index (χ4v) is 8.92. The molecule has 8 aromatic carbocycles. The molecular weight excluding hydrogens is 729 g/mol. The number of hydrogen-bond acceptors (Lipinski definition) is 2. The van der Waals surface area contributed by atoms with Gasteiger partial charge >= 0.3 is 0 Å². The normalized spacial score (nSPS) is 13.0. The molecular formula is C58H50O2. The van der Waals surface area contributed by atoms with Gasteiger partial charge in [-0.05, 0) is 72.0 Å². The molecule has 0 heterocycles. The fraction of sp³-hybridized carbons (Fsp3) is 0.0690. The number of fused-ring (bicyclic) bond motifs is 4. The van der Waals surface area contributed by atoms with Crippen molar-refractivity contribution in [3.05, 3.63) is 275 Å². The predicted molar refractivity (Wildman–Crippen MR) is 254 cm³/mol. The van der Waals surface area contributed by atoms with E-state index in [9.17, 15) is 10.2 Å². The van der Waals surface area contributed by atoms with E-state index in [1.807, 2.05) is 50.2 Å². The zero-order valence-electron chi connectivity index (χ0n) is 34.2. The summed E-state index contributed by atoms with van der Waals surface area (Å²) in [6.45, 7) is 10.0. The van der Waals surface area contributed by atoms with E-state index in [1.165, 1.54) is 40.0 Å². The van der Waals surface area contributed by atoms with E-state index in [2.05, 4.69) is 189 Å². The predicted octanol–water partition coefficient (Wildman–Crippen LogP) is 13.6. The van der Waals surface area contributed by atoms with Crippen LogP contribution in [0.3, 0.4) is 0 Å². The molecule has 294 valence electrons. The molecule has 0 saturated carbocycles. The third-order valence-electron chi connectivity index (χ3n) is 11.4. The van der Waals surface area contributed by atoms with Gasteiger partial charge in [0.15, 0.2) is 0 Å². The zero-order valence-corrected chi connectivity index (χ0v) is 34.2. The van der Waals surface area contributed by atoms with Gasteiger partial charge in [0.2, 0.25) is 0 Å². The summed E-state index contributed by atoms with van der Waals surface area (Å²) in [5.41, 5.74) is 11.2. The molecule has 1 aliphatic carbocycles. The quantitative estimate of drug-likeness (QED) is 0.130. The number of rotatable bonds is 6. The summed E-state index contributed by atoms with van der Waals surface area (Å²) in [6, 6.07) is 74.2. The largest absolute Gasteiger partial charge is 0.515 e. The highest BCUT2D eigenvalue weighted by Gasteiger charge is 2.45. The monoisotopic (exact) mass is 778 g/mol. The lowest BCUT2D eigenvalue weighted by Crippen LogP contribution is -2.28. The molecule has 0 radical (unpaired) electrons. The van der Waals surface area contributed by atoms with E-state index in [0.29, 0.717) is 10.4 Å². The Hall–Kier alpha value is -7.42. The lowest BCUT2D eigenvalue weighted by atomic mass is 9.68. The number of hydrogen-bond donors (Lipinski definition) is 2. The Bertz CT molecular complexity index is 2840. The first kappa shape index (κ1) is 40.8. The van der Waals surface area contributed by atoms with Crippen LogP contribution in [0, 0.1) is 0 Å². The molecule has 0 aliphatic heterocycles. The summed E-state index contributed by atoms with van der Waals surface area (Å²) >= 11 is 0. The Morgan fingerprint density at radius 3 is 1.60 bits per heavy atom. The average molecular weight is 779 g/mol. The molecule has 0 bridgehead atoms. The second-order valence-corrected chi connectivity index (χ2v) is 14.3. The lowest BCUT2D eigenvalue weighted by Gasteiger charge is -2.33. The van der Waals surface area contributed by atoms with Crippen LogP contribution < -0.4 is 10.4 Å². The maximum Gasteiger partial charge on any atom is 0.0870 e. The molecule has 60 heavy (non-hydrogen) atoms. The van der Waals surface area contributed by atoms with Crippen LogP contribution in [0.25, 0.3) is 45.6 Å². The highest BCUT2D eigenvalue weighted by atomic mass is 16.2. The van der Waals surface area contributed by atoms with Crippen molar-refractivity contribution in [3.8, 4) is 22.3 Å². The van der Waals surface area contributed by atoms with Gasteiger partial charge in [0.1, 0.15) is 0 Å². The molecule has 0 fully saturated rings. The summed E-state index contributed by atoms with van der Waals surface area (Å²) in [5.74, 6) is 0.0257. The molecule has 8 aromatic rings. The molecule has 0 saturated heterocycles. The van der Waals surface area contributed by atoms with Gasteiger partial charge in [-0.15, -0.1) is 13.2 Å². The first-order chi connectivity index (χ1) is 29.7. The van der Waals surface area contributed by atoms with E-state index < -0.39 is 5.41 Å². The van der Waals surface area contributed by atoms with Gasteiger partial charge in [-0.3, -0.25) is 0 Å². The van der Waals surface area contributed by atoms with E-state index >= 15 is 0 Å². The minimum absolute atomic E-state index is 0.0257. The van der Waals surface area contributed by atoms with Gasteiger partial charge < -0.3 is 10.2 Å². The Morgan fingerprint density at radius 2 is 0.950 bits per heavy atom. The van der Waals surface area contributed by atoms with Crippen LogP contribution in [-0.4, -0.2) is 10.2 Å². The van der Waals surface area contributed by atoms with Crippen LogP contribution >= 0.6 is 0 Å². The molecule has 0 aromatic heterocycles. The van der Waals surface area contributed by atoms with Crippen LogP contribution in [0.1, 0.15) is 58.7 Å². The van der Waals surface area contributed by atoms with E-state index in [4.69, 9.17) is 0 Å². The van der Waals surface area contributed by atoms with Crippen molar-refractivity contribution in [2.45, 2.75) is 25.2 Å². The van der Waals surface area contributed by atoms with E-state index in [-0.39, 0.29) is 5.92 Å². The molecule has 1 unspecified atom stereocenters. The SMILES string of the molecule is C=C.CC.O/C=c1/ccc2c(/c(=C\O)cccc1-c1ccc(C(c3ccccc3)c3cccc4ccccc34)cc1)-c1ccccc1C2(c1ccccc1)c1ccccc1. The van der Waals surface area contributed by atoms with Gasteiger partial charge in [-0.2, -0.15) is 0 Å². The van der Waals surface area contributed by atoms with Crippen molar-refractivity contribution in [3.63, 3.8) is 0 Å². The highest BCUT2D eigenvalue weighted by Crippen LogP contribution is 2.54. The van der Waals surface area contributed by atoms with Crippen LogP contribution in [0.4, 0.5) is 0 Å². The Labute approximate surface area is 354 Å². The molecule has 2 nitrogen and oxygen atoms in total. The smallest absolute Gasteiger partial charge is 0.0870 e. The molecule has 9 rings (SSSR count). The minimum Gasteiger partial charge on any atom is -0.515 e. The van der Waals surface area contributed by atoms with Gasteiger partial charge in [-0.25, -0.2) is 0 Å². The Balaban J connectivity index is 0.00000132. The number of benzene rings is 7. The molecule has 0 amide bonds. The summed E-state index contributed by atoms with van der Waals surface area (Å²) in [7, 11) is 0. The molecule has 1 aliphatic rings. The summed E-state index contributed by atoms with van der Waals surface area (Å²) in [6.07, 6.45) is 2.42. The van der Waals surface area contributed by atoms with Crippen LogP contribution in [0.15, 0.2) is 225 Å². The third-order valence-corrected chi connectivity index (χ3v) is 11.4. The summed E-state index contributed by atoms with van der Waals surface area (Å²) < 4.78 is 0. The van der Waals surface area contributed by atoms with Gasteiger partial charge in [0.05, 0.1) is 17.9 Å². The summed E-state index contributed by atoms with van der Waals surface area (Å²) in [4.78, 5) is 0. The van der Waals surface area contributed by atoms with Gasteiger partial charge in [0, 0.05) is 16.4 Å². The first-order valence-electron chi connectivity index (χ1n) is 20.6. The maximum atomic E-state index is 11.0. The van der Waals surface area contributed by atoms with Gasteiger partial charge in [0.25, 0.3) is 0 Å². The number of aliphatic hydroxyl groups is 2. The Morgan fingerprint density at radius 1 is 0.433 bits per heavy atom. The molecule has 2 heteroatoms. The molecule has 0 spiro atoms. The van der Waals surface area contributed by atoms with Crippen LogP contribution in [-0.2, 0) is 5.41 Å². The van der Waals surface area contributed by atoms with Crippen LogP contribution in [0.5, 0.6) is 0 Å². The summed E-state index contributed by atoms with van der Waals surface area (Å²) in [5, 5.41) is 25.7. The molecule has 2 N–H and O–H groups in total. The maximum absolute atomic E-state index is 11.0. The van der Waals surface area contributed by atoms with Gasteiger partial charge in [-0.1, -0.05) is 226 Å². The van der Waals surface area contributed by atoms with E-state index in [0.717, 1.165) is 44.5 Å². The zero-order chi connectivity index (χ0) is 41.9. The number of aliphatic hydroxyl groups excluding tert-OH is 2. The second-order valence-electron chi connectivity index (χ2n) is 14.3. The average Bonchev–Trinajstić information content (AvgIpc) is 3.63. The topological polar surface area (TPSA) is 40.5 Å². The van der Waals surface area contributed by atoms with Crippen molar-refractivity contribution >= 4 is 23.3 Å². The minimum atomic E-state index is -0.688. The first-order valence-corrected chi connectivity index (χ1v) is 20.6. The van der Waals surface area contributed by atoms with Crippen molar-refractivity contribution in [2.24, 2.45) is 0 Å². The second kappa shape index (κ2) is 18.9. The lowest BCUT2D eigenvalue weighted by molar-refractivity contribution is 0.540. The van der Waals surface area contributed by atoms with Crippen molar-refractivity contribution < 1.29 is 10.2 Å². The van der Waals surface area contributed by atoms with Crippen molar-refractivity contribution in [1.29, 1.82) is 0 Å². The van der Waals surface area contributed by atoms with Crippen molar-refractivity contribution in [2.75, 3.05) is 0 Å².